The molecule has 12 nitrogen and oxygen atoms in total. The Morgan fingerprint density at radius 3 is 2.69 bits per heavy atom. The van der Waals surface area contributed by atoms with Crippen LogP contribution in [0.25, 0.3) is 10.9 Å². The number of rotatable bonds is 6. The number of benzene rings is 2. The van der Waals surface area contributed by atoms with Gasteiger partial charge in [-0.25, -0.2) is 4.98 Å². The van der Waals surface area contributed by atoms with E-state index in [1.165, 1.54) is 0 Å². The Morgan fingerprint density at radius 2 is 1.89 bits per heavy atom. The van der Waals surface area contributed by atoms with Gasteiger partial charge in [0.05, 0.1) is 23.8 Å². The normalized spacial score (nSPS) is 21.7. The molecule has 3 aliphatic rings. The number of aryl methyl sites for hydroxylation is 1. The van der Waals surface area contributed by atoms with E-state index in [2.05, 4.69) is 43.9 Å². The average Bonchev–Trinajstić information content (AvgIpc) is 3.49. The molecule has 5 heterocycles. The Kier molecular flexibility index (Phi) is 7.31. The smallest absolute Gasteiger partial charge is 0.251 e. The summed E-state index contributed by atoms with van der Waals surface area (Å²) in [6, 6.07) is 11.7. The second kappa shape index (κ2) is 11.3. The second-order valence-electron chi connectivity index (χ2n) is 12.2. The maximum atomic E-state index is 12.5. The van der Waals surface area contributed by atoms with Crippen molar-refractivity contribution in [2.24, 2.45) is 5.92 Å². The number of carbonyl (C=O) groups excluding carboxylic acids is 3. The highest BCUT2D eigenvalue weighted by atomic mass is 35.5. The van der Waals surface area contributed by atoms with Crippen molar-refractivity contribution in [1.82, 2.24) is 25.1 Å². The topological polar surface area (TPSA) is 137 Å². The van der Waals surface area contributed by atoms with E-state index < -0.39 is 6.04 Å². The number of nitrogens with one attached hydrogen (secondary N) is 3. The Labute approximate surface area is 265 Å². The lowest BCUT2D eigenvalue weighted by Gasteiger charge is -2.38. The molecule has 3 N–H and O–H groups in total. The number of anilines is 5. The number of aromatic nitrogens is 4. The Hall–Kier alpha value is -4.71. The molecule has 3 aliphatic heterocycles. The number of hydrogen-bond acceptors (Lipinski definition) is 9. The predicted molar refractivity (Wildman–Crippen MR) is 173 cm³/mol. The van der Waals surface area contributed by atoms with Crippen LogP contribution in [-0.2, 0) is 20.8 Å². The first-order valence-corrected chi connectivity index (χ1v) is 15.6. The number of piperidine rings is 2. The van der Waals surface area contributed by atoms with Crippen LogP contribution in [0.3, 0.4) is 0 Å². The van der Waals surface area contributed by atoms with Crippen LogP contribution in [0.2, 0.25) is 5.02 Å². The van der Waals surface area contributed by atoms with Gasteiger partial charge in [-0.3, -0.25) is 24.4 Å². The van der Waals surface area contributed by atoms with Crippen LogP contribution in [0, 0.1) is 12.8 Å². The Bertz CT molecular complexity index is 1860. The summed E-state index contributed by atoms with van der Waals surface area (Å²) in [5, 5.41) is 15.5. The minimum absolute atomic E-state index is 0.0769. The fraction of sp³-hybridized carbons (Fsp3) is 0.375. The molecule has 2 aromatic heterocycles. The molecule has 45 heavy (non-hydrogen) atoms. The summed E-state index contributed by atoms with van der Waals surface area (Å²) in [5.41, 5.74) is 5.41. The number of amides is 3. The fourth-order valence-corrected chi connectivity index (χ4v) is 6.71. The van der Waals surface area contributed by atoms with E-state index in [1.807, 2.05) is 37.3 Å². The van der Waals surface area contributed by atoms with E-state index >= 15 is 0 Å². The molecular weight excluding hydrogens is 594 g/mol. The number of imide groups is 1. The van der Waals surface area contributed by atoms with Crippen molar-refractivity contribution in [3.8, 4) is 0 Å². The van der Waals surface area contributed by atoms with Crippen molar-refractivity contribution in [2.75, 3.05) is 40.6 Å². The lowest BCUT2D eigenvalue weighted by Crippen LogP contribution is -2.46. The second-order valence-corrected chi connectivity index (χ2v) is 12.6. The van der Waals surface area contributed by atoms with Crippen molar-refractivity contribution in [2.45, 2.75) is 51.6 Å². The van der Waals surface area contributed by atoms with E-state index in [4.69, 9.17) is 16.6 Å². The summed E-state index contributed by atoms with van der Waals surface area (Å²) in [4.78, 5) is 49.4. The van der Waals surface area contributed by atoms with E-state index in [-0.39, 0.29) is 23.8 Å². The van der Waals surface area contributed by atoms with E-state index in [1.54, 1.807) is 22.8 Å². The van der Waals surface area contributed by atoms with Gasteiger partial charge in [-0.05, 0) is 67.6 Å². The van der Waals surface area contributed by atoms with Crippen molar-refractivity contribution in [1.29, 1.82) is 0 Å². The first kappa shape index (κ1) is 29.0. The molecule has 0 radical (unpaired) electrons. The van der Waals surface area contributed by atoms with Crippen LogP contribution in [0.5, 0.6) is 0 Å². The SMILES string of the molecule is Cc1nn(C2CCC(=O)NC2=O)c2ccc(N[C@@H]3CCN(c4ncc(Cl)c(Nc5ccc6c(c5)CC(=O)N6C)n4)C[C@H]3C)cc12. The lowest BCUT2D eigenvalue weighted by molar-refractivity contribution is -0.135. The highest BCUT2D eigenvalue weighted by molar-refractivity contribution is 6.32. The van der Waals surface area contributed by atoms with Gasteiger partial charge in [0.15, 0.2) is 5.82 Å². The van der Waals surface area contributed by atoms with Gasteiger partial charge in [-0.1, -0.05) is 18.5 Å². The zero-order valence-corrected chi connectivity index (χ0v) is 26.1. The van der Waals surface area contributed by atoms with Gasteiger partial charge in [-0.15, -0.1) is 0 Å². The molecule has 232 valence electrons. The third-order valence-corrected chi connectivity index (χ3v) is 9.36. The Morgan fingerprint density at radius 1 is 1.07 bits per heavy atom. The minimum Gasteiger partial charge on any atom is -0.382 e. The van der Waals surface area contributed by atoms with E-state index in [0.29, 0.717) is 42.0 Å². The van der Waals surface area contributed by atoms with Crippen LogP contribution < -0.4 is 25.8 Å². The summed E-state index contributed by atoms with van der Waals surface area (Å²) < 4.78 is 1.75. The number of likely N-dealkylation sites (N-methyl/N-ethyl adjacent to an activating group) is 1. The highest BCUT2D eigenvalue weighted by Gasteiger charge is 2.31. The molecule has 0 spiro atoms. The number of hydrogen-bond donors (Lipinski definition) is 3. The zero-order valence-electron chi connectivity index (χ0n) is 25.3. The minimum atomic E-state index is -0.492. The van der Waals surface area contributed by atoms with Gasteiger partial charge in [0.2, 0.25) is 17.8 Å². The molecule has 0 saturated carbocycles. The van der Waals surface area contributed by atoms with Crippen LogP contribution in [0.15, 0.2) is 42.6 Å². The molecule has 2 aromatic carbocycles. The van der Waals surface area contributed by atoms with Crippen LogP contribution in [0.4, 0.5) is 28.8 Å². The molecule has 2 saturated heterocycles. The summed E-state index contributed by atoms with van der Waals surface area (Å²) >= 11 is 6.48. The molecule has 0 aliphatic carbocycles. The number of halogens is 1. The summed E-state index contributed by atoms with van der Waals surface area (Å²) in [6.07, 6.45) is 3.64. The molecule has 3 amide bonds. The highest BCUT2D eigenvalue weighted by Crippen LogP contribution is 2.34. The largest absolute Gasteiger partial charge is 0.382 e. The van der Waals surface area contributed by atoms with Gasteiger partial charge in [-0.2, -0.15) is 10.1 Å². The fourth-order valence-electron chi connectivity index (χ4n) is 6.58. The standard InChI is InChI=1S/C32H34ClN9O3/c1-17-16-41(32-34-15-23(33)30(38-32)36-20-4-6-25-19(12-20)13-29(44)40(25)3)11-10-24(17)35-21-5-7-26-22(14-21)18(2)39-42(26)27-8-9-28(43)37-31(27)45/h4-7,12,14-15,17,24,27,35H,8-11,13,16H2,1-3H3,(H,34,36,38)(H,37,43,45)/t17-,24-,27?/m1/s1. The zero-order chi connectivity index (χ0) is 31.4. The van der Waals surface area contributed by atoms with Gasteiger partial charge < -0.3 is 20.4 Å². The molecule has 4 aromatic rings. The Balaban J connectivity index is 1.02. The van der Waals surface area contributed by atoms with Crippen LogP contribution in [0.1, 0.15) is 43.5 Å². The van der Waals surface area contributed by atoms with Crippen LogP contribution >= 0.6 is 11.6 Å². The van der Waals surface area contributed by atoms with Crippen molar-refractivity contribution >= 4 is 69.1 Å². The molecule has 3 atom stereocenters. The first-order valence-electron chi connectivity index (χ1n) is 15.2. The summed E-state index contributed by atoms with van der Waals surface area (Å²) in [6.45, 7) is 5.69. The molecule has 0 bridgehead atoms. The quantitative estimate of drug-likeness (QED) is 0.266. The van der Waals surface area contributed by atoms with Crippen molar-refractivity contribution < 1.29 is 14.4 Å². The monoisotopic (exact) mass is 627 g/mol. The molecule has 13 heteroatoms. The molecule has 1 unspecified atom stereocenters. The van der Waals surface area contributed by atoms with Gasteiger partial charge >= 0.3 is 0 Å². The van der Waals surface area contributed by atoms with Crippen molar-refractivity contribution in [3.63, 3.8) is 0 Å². The number of fused-ring (bicyclic) bond motifs is 2. The predicted octanol–water partition coefficient (Wildman–Crippen LogP) is 4.36. The van der Waals surface area contributed by atoms with E-state index in [9.17, 15) is 14.4 Å². The molecule has 7 rings (SSSR count). The first-order chi connectivity index (χ1) is 21.6. The number of nitrogens with zero attached hydrogens (tertiary/aromatic N) is 6. The van der Waals surface area contributed by atoms with Gasteiger partial charge in [0.25, 0.3) is 5.91 Å². The van der Waals surface area contributed by atoms with Crippen molar-refractivity contribution in [3.05, 3.63) is 58.9 Å². The van der Waals surface area contributed by atoms with Crippen LogP contribution in [-0.4, -0.2) is 63.6 Å². The number of carbonyl (C=O) groups is 3. The lowest BCUT2D eigenvalue weighted by atomic mass is 9.93. The molecule has 2 fully saturated rings. The summed E-state index contributed by atoms with van der Waals surface area (Å²) in [7, 11) is 1.79. The molecular formula is C32H34ClN9O3. The van der Waals surface area contributed by atoms with Gasteiger partial charge in [0, 0.05) is 55.0 Å². The maximum Gasteiger partial charge on any atom is 0.251 e. The third kappa shape index (κ3) is 5.43. The maximum absolute atomic E-state index is 12.5. The summed E-state index contributed by atoms with van der Waals surface area (Å²) in [5.74, 6) is 0.963. The van der Waals surface area contributed by atoms with E-state index in [0.717, 1.165) is 58.7 Å². The third-order valence-electron chi connectivity index (χ3n) is 9.09. The van der Waals surface area contributed by atoms with Gasteiger partial charge in [0.1, 0.15) is 11.1 Å². The average molecular weight is 628 g/mol.